The lowest BCUT2D eigenvalue weighted by Gasteiger charge is -2.19. The first-order valence-corrected chi connectivity index (χ1v) is 9.75. The minimum absolute atomic E-state index is 0.0699. The van der Waals surface area contributed by atoms with E-state index >= 15 is 0 Å². The van der Waals surface area contributed by atoms with Gasteiger partial charge in [-0.15, -0.1) is 0 Å². The fourth-order valence-electron chi connectivity index (χ4n) is 3.50. The van der Waals surface area contributed by atoms with Crippen molar-refractivity contribution in [3.05, 3.63) is 32.6 Å². The third-order valence-electron chi connectivity index (χ3n) is 4.96. The van der Waals surface area contributed by atoms with Gasteiger partial charge < -0.3 is 5.32 Å². The maximum Gasteiger partial charge on any atom is 0.332 e. The van der Waals surface area contributed by atoms with Crippen molar-refractivity contribution in [2.24, 2.45) is 20.0 Å². The number of hydrogen-bond donors (Lipinski definition) is 1. The molecule has 0 aliphatic carbocycles. The molecule has 0 aromatic carbocycles. The average Bonchev–Trinajstić information content (AvgIpc) is 2.65. The standard InChI is InChI=1S/C20H30N4O3/c1-6-9-13(10-7-2)18(25)22-16-14(11-8-3)12-21-17-15(16)19(26)24(5)20(27)23(17)4/h12-13H,6-11H2,1-5H3,(H,21,22,25). The number of fused-ring (bicyclic) bond motifs is 1. The molecular weight excluding hydrogens is 344 g/mol. The Bertz CT molecular complexity index is 937. The van der Waals surface area contributed by atoms with Gasteiger partial charge in [-0.3, -0.25) is 18.7 Å². The summed E-state index contributed by atoms with van der Waals surface area (Å²) in [7, 11) is 3.03. The number of nitrogens with one attached hydrogen (secondary N) is 1. The Balaban J connectivity index is 2.68. The molecule has 27 heavy (non-hydrogen) atoms. The first-order chi connectivity index (χ1) is 12.9. The van der Waals surface area contributed by atoms with Crippen molar-refractivity contribution in [1.29, 1.82) is 0 Å². The summed E-state index contributed by atoms with van der Waals surface area (Å²) in [5, 5.41) is 3.31. The van der Waals surface area contributed by atoms with E-state index in [1.165, 1.54) is 11.6 Å². The van der Waals surface area contributed by atoms with Crippen LogP contribution >= 0.6 is 0 Å². The summed E-state index contributed by atoms with van der Waals surface area (Å²) in [6.07, 6.45) is 6.67. The zero-order valence-corrected chi connectivity index (χ0v) is 17.0. The Labute approximate surface area is 159 Å². The first kappa shape index (κ1) is 20.9. The summed E-state index contributed by atoms with van der Waals surface area (Å²) in [4.78, 5) is 42.3. The molecule has 0 aliphatic rings. The molecule has 7 heteroatoms. The zero-order valence-electron chi connectivity index (χ0n) is 17.0. The summed E-state index contributed by atoms with van der Waals surface area (Å²) in [6.45, 7) is 6.16. The normalized spacial score (nSPS) is 11.3. The van der Waals surface area contributed by atoms with Crippen molar-refractivity contribution in [2.45, 2.75) is 59.3 Å². The number of rotatable bonds is 8. The number of hydrogen-bond acceptors (Lipinski definition) is 4. The van der Waals surface area contributed by atoms with Crippen molar-refractivity contribution in [3.8, 4) is 0 Å². The van der Waals surface area contributed by atoms with Gasteiger partial charge >= 0.3 is 5.69 Å². The fourth-order valence-corrected chi connectivity index (χ4v) is 3.50. The van der Waals surface area contributed by atoms with Crippen molar-refractivity contribution in [1.82, 2.24) is 14.1 Å². The van der Waals surface area contributed by atoms with Gasteiger partial charge in [0.05, 0.1) is 5.69 Å². The highest BCUT2D eigenvalue weighted by Gasteiger charge is 2.22. The van der Waals surface area contributed by atoms with Crippen molar-refractivity contribution in [2.75, 3.05) is 5.32 Å². The Morgan fingerprint density at radius 2 is 1.70 bits per heavy atom. The molecule has 0 spiro atoms. The predicted octanol–water partition coefficient (Wildman–Crippen LogP) is 2.74. The molecule has 2 aromatic heterocycles. The molecule has 2 aromatic rings. The van der Waals surface area contributed by atoms with Gasteiger partial charge in [0, 0.05) is 26.2 Å². The molecule has 2 rings (SSSR count). The second kappa shape index (κ2) is 8.97. The molecule has 0 saturated heterocycles. The van der Waals surface area contributed by atoms with Crippen LogP contribution in [0.15, 0.2) is 15.8 Å². The second-order valence-corrected chi connectivity index (χ2v) is 7.08. The number of aryl methyl sites for hydroxylation is 2. The molecule has 1 amide bonds. The van der Waals surface area contributed by atoms with E-state index in [2.05, 4.69) is 24.1 Å². The van der Waals surface area contributed by atoms with Crippen LogP contribution in [0.25, 0.3) is 11.0 Å². The topological polar surface area (TPSA) is 86.0 Å². The monoisotopic (exact) mass is 374 g/mol. The van der Waals surface area contributed by atoms with Gasteiger partial charge in [-0.25, -0.2) is 9.78 Å². The summed E-state index contributed by atoms with van der Waals surface area (Å²) in [5.41, 5.74) is 0.744. The maximum atomic E-state index is 12.9. The lowest BCUT2D eigenvalue weighted by molar-refractivity contribution is -0.120. The number of carbonyl (C=O) groups excluding carboxylic acids is 1. The van der Waals surface area contributed by atoms with E-state index in [1.54, 1.807) is 13.2 Å². The van der Waals surface area contributed by atoms with Gasteiger partial charge in [-0.05, 0) is 24.8 Å². The van der Waals surface area contributed by atoms with Gasteiger partial charge in [0.25, 0.3) is 5.56 Å². The second-order valence-electron chi connectivity index (χ2n) is 7.08. The Hall–Kier alpha value is -2.44. The molecule has 1 N–H and O–H groups in total. The highest BCUT2D eigenvalue weighted by molar-refractivity contribution is 6.01. The Morgan fingerprint density at radius 1 is 1.07 bits per heavy atom. The van der Waals surface area contributed by atoms with Crippen LogP contribution in [0.5, 0.6) is 0 Å². The van der Waals surface area contributed by atoms with Crippen LogP contribution in [0.4, 0.5) is 5.69 Å². The fraction of sp³-hybridized carbons (Fsp3) is 0.600. The Morgan fingerprint density at radius 3 is 2.26 bits per heavy atom. The zero-order chi connectivity index (χ0) is 20.1. The molecule has 7 nitrogen and oxygen atoms in total. The van der Waals surface area contributed by atoms with E-state index in [1.807, 2.05) is 6.92 Å². The lowest BCUT2D eigenvalue weighted by atomic mass is 9.97. The quantitative estimate of drug-likeness (QED) is 0.770. The van der Waals surface area contributed by atoms with Crippen LogP contribution < -0.4 is 16.6 Å². The van der Waals surface area contributed by atoms with Crippen LogP contribution in [0, 0.1) is 5.92 Å². The van der Waals surface area contributed by atoms with E-state index in [4.69, 9.17) is 0 Å². The summed E-state index contributed by atoms with van der Waals surface area (Å²) in [5.74, 6) is -0.159. The minimum Gasteiger partial charge on any atom is -0.325 e. The predicted molar refractivity (Wildman–Crippen MR) is 108 cm³/mol. The maximum absolute atomic E-state index is 12.9. The third kappa shape index (κ3) is 4.12. The highest BCUT2D eigenvalue weighted by atomic mass is 16.2. The molecule has 0 aliphatic heterocycles. The van der Waals surface area contributed by atoms with E-state index in [0.29, 0.717) is 23.1 Å². The van der Waals surface area contributed by atoms with Crippen LogP contribution in [0.2, 0.25) is 0 Å². The van der Waals surface area contributed by atoms with Crippen molar-refractivity contribution in [3.63, 3.8) is 0 Å². The van der Waals surface area contributed by atoms with Crippen molar-refractivity contribution >= 4 is 22.6 Å². The Kier molecular flexibility index (Phi) is 6.93. The molecule has 0 saturated carbocycles. The van der Waals surface area contributed by atoms with Gasteiger partial charge in [-0.1, -0.05) is 40.0 Å². The van der Waals surface area contributed by atoms with Crippen molar-refractivity contribution < 1.29 is 4.79 Å². The molecule has 0 unspecified atom stereocenters. The van der Waals surface area contributed by atoms with Gasteiger partial charge in [0.15, 0.2) is 5.65 Å². The molecule has 2 heterocycles. The van der Waals surface area contributed by atoms with Crippen LogP contribution in [-0.4, -0.2) is 20.0 Å². The van der Waals surface area contributed by atoms with Gasteiger partial charge in [0.2, 0.25) is 5.91 Å². The van der Waals surface area contributed by atoms with Gasteiger partial charge in [0.1, 0.15) is 5.39 Å². The minimum atomic E-state index is -0.435. The number of pyridine rings is 1. The number of nitrogens with zero attached hydrogens (tertiary/aromatic N) is 3. The van der Waals surface area contributed by atoms with E-state index < -0.39 is 11.2 Å². The van der Waals surface area contributed by atoms with E-state index in [9.17, 15) is 14.4 Å². The number of carbonyl (C=O) groups is 1. The summed E-state index contributed by atoms with van der Waals surface area (Å²) >= 11 is 0. The molecule has 0 fully saturated rings. The highest BCUT2D eigenvalue weighted by Crippen LogP contribution is 2.25. The average molecular weight is 374 g/mol. The first-order valence-electron chi connectivity index (χ1n) is 9.75. The van der Waals surface area contributed by atoms with Crippen LogP contribution in [0.1, 0.15) is 58.4 Å². The number of aromatic nitrogens is 3. The smallest absolute Gasteiger partial charge is 0.325 e. The van der Waals surface area contributed by atoms with Gasteiger partial charge in [-0.2, -0.15) is 0 Å². The molecule has 148 valence electrons. The largest absolute Gasteiger partial charge is 0.332 e. The molecular formula is C20H30N4O3. The third-order valence-corrected chi connectivity index (χ3v) is 4.96. The molecule has 0 atom stereocenters. The summed E-state index contributed by atoms with van der Waals surface area (Å²) < 4.78 is 2.41. The lowest BCUT2D eigenvalue weighted by Crippen LogP contribution is -2.38. The van der Waals surface area contributed by atoms with E-state index in [-0.39, 0.29) is 11.8 Å². The summed E-state index contributed by atoms with van der Waals surface area (Å²) in [6, 6.07) is 0. The van der Waals surface area contributed by atoms with Crippen LogP contribution in [-0.2, 0) is 25.3 Å². The van der Waals surface area contributed by atoms with Crippen LogP contribution in [0.3, 0.4) is 0 Å². The number of anilines is 1. The molecule has 0 radical (unpaired) electrons. The van der Waals surface area contributed by atoms with E-state index in [0.717, 1.165) is 42.2 Å². The SMILES string of the molecule is CCCc1cnc2c(c1NC(=O)C(CCC)CCC)c(=O)n(C)c(=O)n2C. The number of amides is 1. The molecule has 0 bridgehead atoms.